The molecule has 0 aromatic heterocycles. The number of nitrogens with one attached hydrogen (secondary N) is 3. The minimum absolute atomic E-state index is 0.184. The van der Waals surface area contributed by atoms with Gasteiger partial charge in [0.05, 0.1) is 0 Å². The molecule has 120 valence electrons. The van der Waals surface area contributed by atoms with Crippen LogP contribution in [0.3, 0.4) is 0 Å². The number of carbonyl (C=O) groups is 3. The fraction of sp³-hybridized carbons (Fsp3) is 0.357. The van der Waals surface area contributed by atoms with Gasteiger partial charge >= 0.3 is 12.0 Å². The van der Waals surface area contributed by atoms with Gasteiger partial charge in [-0.05, 0) is 42.7 Å². The first kappa shape index (κ1) is 17.8. The lowest BCUT2D eigenvalue weighted by Gasteiger charge is -2.14. The minimum Gasteiger partial charge on any atom is -0.480 e. The van der Waals surface area contributed by atoms with Crippen molar-refractivity contribution >= 4 is 41.0 Å². The summed E-state index contributed by atoms with van der Waals surface area (Å²) in [6, 6.07) is 5.00. The molecule has 1 rings (SSSR count). The van der Waals surface area contributed by atoms with Gasteiger partial charge in [0.2, 0.25) is 5.91 Å². The molecule has 0 heterocycles. The van der Waals surface area contributed by atoms with Crippen LogP contribution in [0.4, 0.5) is 16.2 Å². The van der Waals surface area contributed by atoms with Crippen molar-refractivity contribution in [3.8, 4) is 0 Å². The third-order valence-electron chi connectivity index (χ3n) is 2.68. The highest BCUT2D eigenvalue weighted by atomic mass is 32.2. The molecule has 0 aliphatic rings. The van der Waals surface area contributed by atoms with Gasteiger partial charge in [-0.25, -0.2) is 9.59 Å². The quantitative estimate of drug-likeness (QED) is 0.613. The average molecular weight is 325 g/mol. The van der Waals surface area contributed by atoms with E-state index in [2.05, 4.69) is 16.0 Å². The van der Waals surface area contributed by atoms with Crippen LogP contribution in [0.15, 0.2) is 24.3 Å². The number of carboxylic acid groups (broad SMARTS) is 1. The molecule has 8 heteroatoms. The summed E-state index contributed by atoms with van der Waals surface area (Å²) < 4.78 is 0. The standard InChI is InChI=1S/C14H19N3O4S/c1-9(18)15-10-3-5-11(6-4-10)16-14(21)17-12(13(19)20)7-8-22-2/h3-6,12H,7-8H2,1-2H3,(H,15,18)(H,19,20)(H2,16,17,21). The number of anilines is 2. The lowest BCUT2D eigenvalue weighted by Crippen LogP contribution is -2.43. The molecule has 0 bridgehead atoms. The van der Waals surface area contributed by atoms with Gasteiger partial charge in [0.1, 0.15) is 6.04 Å². The molecule has 1 atom stereocenters. The number of benzene rings is 1. The van der Waals surface area contributed by atoms with E-state index in [-0.39, 0.29) is 5.91 Å². The second kappa shape index (κ2) is 8.93. The number of thioether (sulfide) groups is 1. The van der Waals surface area contributed by atoms with Gasteiger partial charge in [0.25, 0.3) is 0 Å². The third kappa shape index (κ3) is 6.49. The van der Waals surface area contributed by atoms with Crippen LogP contribution >= 0.6 is 11.8 Å². The van der Waals surface area contributed by atoms with Crippen molar-refractivity contribution in [3.63, 3.8) is 0 Å². The predicted molar refractivity (Wildman–Crippen MR) is 87.3 cm³/mol. The van der Waals surface area contributed by atoms with E-state index < -0.39 is 18.0 Å². The Kier molecular flexibility index (Phi) is 7.24. The zero-order valence-electron chi connectivity index (χ0n) is 12.4. The average Bonchev–Trinajstić information content (AvgIpc) is 2.44. The Morgan fingerprint density at radius 3 is 2.14 bits per heavy atom. The molecule has 7 nitrogen and oxygen atoms in total. The Hall–Kier alpha value is -2.22. The normalized spacial score (nSPS) is 11.4. The van der Waals surface area contributed by atoms with Crippen LogP contribution in [-0.4, -0.2) is 41.1 Å². The molecule has 22 heavy (non-hydrogen) atoms. The molecule has 1 aromatic carbocycles. The Balaban J connectivity index is 2.56. The van der Waals surface area contributed by atoms with Crippen molar-refractivity contribution in [2.24, 2.45) is 0 Å². The summed E-state index contributed by atoms with van der Waals surface area (Å²) in [6.45, 7) is 1.40. The minimum atomic E-state index is -1.06. The van der Waals surface area contributed by atoms with Crippen LogP contribution in [0.5, 0.6) is 0 Å². The number of aliphatic carboxylic acids is 1. The highest BCUT2D eigenvalue weighted by Gasteiger charge is 2.19. The summed E-state index contributed by atoms with van der Waals surface area (Å²) in [5.41, 5.74) is 1.11. The smallest absolute Gasteiger partial charge is 0.326 e. The maximum Gasteiger partial charge on any atom is 0.326 e. The SMILES string of the molecule is CSCCC(NC(=O)Nc1ccc(NC(C)=O)cc1)C(=O)O. The van der Waals surface area contributed by atoms with Gasteiger partial charge in [-0.2, -0.15) is 11.8 Å². The Bertz CT molecular complexity index is 533. The number of urea groups is 1. The Morgan fingerprint density at radius 2 is 1.68 bits per heavy atom. The number of carbonyl (C=O) groups excluding carboxylic acids is 2. The van der Waals surface area contributed by atoms with Gasteiger partial charge < -0.3 is 21.1 Å². The fourth-order valence-corrected chi connectivity index (χ4v) is 2.13. The van der Waals surface area contributed by atoms with E-state index in [9.17, 15) is 14.4 Å². The van der Waals surface area contributed by atoms with Crippen molar-refractivity contribution in [1.29, 1.82) is 0 Å². The second-order valence-corrected chi connectivity index (χ2v) is 5.51. The van der Waals surface area contributed by atoms with Gasteiger partial charge in [0, 0.05) is 18.3 Å². The van der Waals surface area contributed by atoms with E-state index in [1.807, 2.05) is 6.26 Å². The lowest BCUT2D eigenvalue weighted by atomic mass is 10.2. The first-order chi connectivity index (χ1) is 10.4. The van der Waals surface area contributed by atoms with E-state index in [0.29, 0.717) is 23.5 Å². The first-order valence-corrected chi connectivity index (χ1v) is 7.98. The summed E-state index contributed by atoms with van der Waals surface area (Å²) in [4.78, 5) is 33.7. The summed E-state index contributed by atoms with van der Waals surface area (Å²) in [7, 11) is 0. The maximum atomic E-state index is 11.8. The number of hydrogen-bond donors (Lipinski definition) is 4. The fourth-order valence-electron chi connectivity index (χ4n) is 1.66. The number of carboxylic acids is 1. The van der Waals surface area contributed by atoms with Gasteiger partial charge in [-0.1, -0.05) is 0 Å². The second-order valence-electron chi connectivity index (χ2n) is 4.53. The molecule has 0 saturated carbocycles. The molecule has 0 aliphatic carbocycles. The molecular formula is C14H19N3O4S. The molecule has 0 saturated heterocycles. The summed E-state index contributed by atoms with van der Waals surface area (Å²) in [5.74, 6) is -0.607. The van der Waals surface area contributed by atoms with Crippen LogP contribution < -0.4 is 16.0 Å². The molecule has 3 amide bonds. The molecule has 0 aliphatic heterocycles. The van der Waals surface area contributed by atoms with E-state index in [4.69, 9.17) is 5.11 Å². The van der Waals surface area contributed by atoms with Crippen LogP contribution in [0, 0.1) is 0 Å². The van der Waals surface area contributed by atoms with Gasteiger partial charge in [-0.3, -0.25) is 4.79 Å². The summed E-state index contributed by atoms with van der Waals surface area (Å²) in [5, 5.41) is 16.6. The number of hydrogen-bond acceptors (Lipinski definition) is 4. The van der Waals surface area contributed by atoms with Crippen LogP contribution in [0.1, 0.15) is 13.3 Å². The van der Waals surface area contributed by atoms with Crippen molar-refractivity contribution in [2.45, 2.75) is 19.4 Å². The highest BCUT2D eigenvalue weighted by molar-refractivity contribution is 7.98. The zero-order valence-corrected chi connectivity index (χ0v) is 13.2. The molecule has 4 N–H and O–H groups in total. The lowest BCUT2D eigenvalue weighted by molar-refractivity contribution is -0.139. The molecule has 1 unspecified atom stereocenters. The largest absolute Gasteiger partial charge is 0.480 e. The topological polar surface area (TPSA) is 108 Å². The third-order valence-corrected chi connectivity index (χ3v) is 3.32. The Labute approximate surface area is 132 Å². The maximum absolute atomic E-state index is 11.8. The van der Waals surface area contributed by atoms with Crippen LogP contribution in [0.25, 0.3) is 0 Å². The van der Waals surface area contributed by atoms with E-state index in [1.54, 1.807) is 24.3 Å². The van der Waals surface area contributed by atoms with Crippen molar-refractivity contribution in [3.05, 3.63) is 24.3 Å². The summed E-state index contributed by atoms with van der Waals surface area (Å²) in [6.07, 6.45) is 2.22. The molecule has 0 spiro atoms. The number of amides is 3. The van der Waals surface area contributed by atoms with Crippen LogP contribution in [0.2, 0.25) is 0 Å². The monoisotopic (exact) mass is 325 g/mol. The van der Waals surface area contributed by atoms with E-state index in [0.717, 1.165) is 0 Å². The van der Waals surface area contributed by atoms with Gasteiger partial charge in [0.15, 0.2) is 0 Å². The van der Waals surface area contributed by atoms with Crippen molar-refractivity contribution < 1.29 is 19.5 Å². The van der Waals surface area contributed by atoms with Crippen molar-refractivity contribution in [1.82, 2.24) is 5.32 Å². The Morgan fingerprint density at radius 1 is 1.14 bits per heavy atom. The molecule has 1 aromatic rings. The zero-order chi connectivity index (χ0) is 16.5. The van der Waals surface area contributed by atoms with E-state index >= 15 is 0 Å². The predicted octanol–water partition coefficient (Wildman–Crippen LogP) is 1.97. The molecule has 0 fully saturated rings. The highest BCUT2D eigenvalue weighted by Crippen LogP contribution is 2.13. The molecular weight excluding hydrogens is 306 g/mol. The number of rotatable bonds is 7. The van der Waals surface area contributed by atoms with Gasteiger partial charge in [-0.15, -0.1) is 0 Å². The summed E-state index contributed by atoms with van der Waals surface area (Å²) >= 11 is 1.52. The van der Waals surface area contributed by atoms with Crippen molar-refractivity contribution in [2.75, 3.05) is 22.6 Å². The van der Waals surface area contributed by atoms with E-state index in [1.165, 1.54) is 18.7 Å². The molecule has 0 radical (unpaired) electrons. The first-order valence-electron chi connectivity index (χ1n) is 6.59. The van der Waals surface area contributed by atoms with Crippen LogP contribution in [-0.2, 0) is 9.59 Å².